The predicted molar refractivity (Wildman–Crippen MR) is 137 cm³/mol. The topological polar surface area (TPSA) is 52.8 Å². The second kappa shape index (κ2) is 10.5. The molecule has 4 aromatic rings. The van der Waals surface area contributed by atoms with Crippen molar-refractivity contribution in [1.29, 1.82) is 0 Å². The zero-order chi connectivity index (χ0) is 23.4. The number of allylic oxidation sites excluding steroid dienone is 1. The van der Waals surface area contributed by atoms with E-state index in [2.05, 4.69) is 53.3 Å². The lowest BCUT2D eigenvalue weighted by Crippen LogP contribution is -2.12. The predicted octanol–water partition coefficient (Wildman–Crippen LogP) is 7.29. The van der Waals surface area contributed by atoms with Gasteiger partial charge in [0.05, 0.1) is 10.7 Å². The van der Waals surface area contributed by atoms with Gasteiger partial charge >= 0.3 is 0 Å². The van der Waals surface area contributed by atoms with Crippen LogP contribution in [0.3, 0.4) is 0 Å². The molecule has 4 rings (SSSR count). The second-order valence-electron chi connectivity index (χ2n) is 7.74. The number of halogens is 1. The number of benzene rings is 2. The van der Waals surface area contributed by atoms with E-state index in [1.54, 1.807) is 23.1 Å². The van der Waals surface area contributed by atoms with Crippen molar-refractivity contribution < 1.29 is 4.74 Å². The fourth-order valence-corrected chi connectivity index (χ4v) is 5.31. The van der Waals surface area contributed by atoms with Gasteiger partial charge < -0.3 is 4.74 Å². The van der Waals surface area contributed by atoms with Gasteiger partial charge in [-0.25, -0.2) is 4.98 Å². The molecule has 8 heteroatoms. The molecule has 170 valence electrons. The van der Waals surface area contributed by atoms with Gasteiger partial charge in [-0.05, 0) is 44.5 Å². The van der Waals surface area contributed by atoms with Gasteiger partial charge in [0.25, 0.3) is 0 Å². The highest BCUT2D eigenvalue weighted by atomic mass is 35.5. The molecule has 33 heavy (non-hydrogen) atoms. The lowest BCUT2D eigenvalue weighted by Gasteiger charge is -2.17. The molecular formula is C25H25ClN4OS2. The molecule has 0 fully saturated rings. The van der Waals surface area contributed by atoms with Crippen LogP contribution in [0.1, 0.15) is 35.7 Å². The molecule has 0 saturated carbocycles. The third-order valence-corrected chi connectivity index (χ3v) is 7.23. The molecule has 0 amide bonds. The standard InChI is InChI=1S/C25H25ClN4OS2/c1-5-11-30-23(18(4)31-22-13-17(3)9-10-21(22)26)28-29-25(30)33-15-20-14-32-24(27-20)19-8-6-7-16(2)12-19/h5-10,12-14,18H,1,11,15H2,2-4H3. The van der Waals surface area contributed by atoms with E-state index in [0.717, 1.165) is 32.8 Å². The van der Waals surface area contributed by atoms with E-state index in [9.17, 15) is 0 Å². The smallest absolute Gasteiger partial charge is 0.192 e. The summed E-state index contributed by atoms with van der Waals surface area (Å²) in [5, 5.41) is 13.3. The average molecular weight is 497 g/mol. The van der Waals surface area contributed by atoms with Crippen LogP contribution in [0, 0.1) is 13.8 Å². The van der Waals surface area contributed by atoms with Gasteiger partial charge in [-0.2, -0.15) is 0 Å². The number of thioether (sulfide) groups is 1. The number of nitrogens with zero attached hydrogens (tertiary/aromatic N) is 4. The van der Waals surface area contributed by atoms with Gasteiger partial charge in [0, 0.05) is 23.2 Å². The zero-order valence-corrected chi connectivity index (χ0v) is 21.2. The van der Waals surface area contributed by atoms with Crippen LogP contribution in [0.2, 0.25) is 5.02 Å². The van der Waals surface area contributed by atoms with Crippen molar-refractivity contribution in [2.75, 3.05) is 0 Å². The van der Waals surface area contributed by atoms with E-state index in [1.165, 1.54) is 5.56 Å². The number of aromatic nitrogens is 4. The Hall–Kier alpha value is -2.61. The molecule has 0 radical (unpaired) electrons. The minimum atomic E-state index is -0.321. The first-order valence-corrected chi connectivity index (χ1v) is 12.8. The van der Waals surface area contributed by atoms with Gasteiger partial charge in [-0.15, -0.1) is 28.1 Å². The maximum absolute atomic E-state index is 6.31. The first kappa shape index (κ1) is 23.5. The monoisotopic (exact) mass is 496 g/mol. The van der Waals surface area contributed by atoms with Crippen LogP contribution in [0.5, 0.6) is 5.75 Å². The number of ether oxygens (including phenoxy) is 1. The number of hydrogen-bond donors (Lipinski definition) is 0. The highest BCUT2D eigenvalue weighted by molar-refractivity contribution is 7.98. The molecule has 0 aliphatic carbocycles. The van der Waals surface area contributed by atoms with E-state index < -0.39 is 0 Å². The van der Waals surface area contributed by atoms with Crippen LogP contribution in [0.15, 0.2) is 65.7 Å². The summed E-state index contributed by atoms with van der Waals surface area (Å²) < 4.78 is 8.16. The molecule has 5 nitrogen and oxygen atoms in total. The first-order chi connectivity index (χ1) is 15.9. The third kappa shape index (κ3) is 5.66. The van der Waals surface area contributed by atoms with E-state index >= 15 is 0 Å². The van der Waals surface area contributed by atoms with Gasteiger partial charge in [-0.3, -0.25) is 4.57 Å². The van der Waals surface area contributed by atoms with Crippen molar-refractivity contribution in [3.05, 3.63) is 88.2 Å². The van der Waals surface area contributed by atoms with Gasteiger partial charge in [0.2, 0.25) is 0 Å². The van der Waals surface area contributed by atoms with Crippen molar-refractivity contribution in [2.24, 2.45) is 0 Å². The Balaban J connectivity index is 1.49. The van der Waals surface area contributed by atoms with Crippen LogP contribution in [-0.2, 0) is 12.3 Å². The summed E-state index contributed by atoms with van der Waals surface area (Å²) >= 11 is 9.58. The summed E-state index contributed by atoms with van der Waals surface area (Å²) in [6.45, 7) is 10.5. The summed E-state index contributed by atoms with van der Waals surface area (Å²) in [5.74, 6) is 2.07. The molecule has 0 N–H and O–H groups in total. The summed E-state index contributed by atoms with van der Waals surface area (Å²) in [4.78, 5) is 4.81. The minimum Gasteiger partial charge on any atom is -0.481 e. The Labute approximate surface area is 207 Å². The maximum atomic E-state index is 6.31. The number of hydrogen-bond acceptors (Lipinski definition) is 6. The Morgan fingerprint density at radius 1 is 1.18 bits per heavy atom. The van der Waals surface area contributed by atoms with E-state index in [0.29, 0.717) is 23.1 Å². The molecule has 1 atom stereocenters. The number of rotatable bonds is 9. The summed E-state index contributed by atoms with van der Waals surface area (Å²) in [6, 6.07) is 14.1. The van der Waals surface area contributed by atoms with E-state index in [1.807, 2.05) is 42.7 Å². The summed E-state index contributed by atoms with van der Waals surface area (Å²) in [6.07, 6.45) is 1.51. The Morgan fingerprint density at radius 2 is 2.00 bits per heavy atom. The summed E-state index contributed by atoms with van der Waals surface area (Å²) in [7, 11) is 0. The Bertz CT molecular complexity index is 1270. The van der Waals surface area contributed by atoms with Gasteiger partial charge in [0.15, 0.2) is 17.1 Å². The molecule has 0 aliphatic heterocycles. The molecular weight excluding hydrogens is 472 g/mol. The maximum Gasteiger partial charge on any atom is 0.192 e. The Morgan fingerprint density at radius 3 is 2.79 bits per heavy atom. The van der Waals surface area contributed by atoms with E-state index in [-0.39, 0.29) is 6.10 Å². The lowest BCUT2D eigenvalue weighted by molar-refractivity contribution is 0.210. The molecule has 0 saturated heterocycles. The largest absolute Gasteiger partial charge is 0.481 e. The van der Waals surface area contributed by atoms with Crippen molar-refractivity contribution in [2.45, 2.75) is 44.3 Å². The molecule has 0 spiro atoms. The lowest BCUT2D eigenvalue weighted by atomic mass is 10.1. The highest BCUT2D eigenvalue weighted by Gasteiger charge is 2.20. The average Bonchev–Trinajstić information content (AvgIpc) is 3.42. The van der Waals surface area contributed by atoms with Crippen LogP contribution in [0.4, 0.5) is 0 Å². The van der Waals surface area contributed by atoms with Crippen molar-refractivity contribution >= 4 is 34.7 Å². The molecule has 0 bridgehead atoms. The third-order valence-electron chi connectivity index (χ3n) is 4.98. The number of thiazole rings is 1. The van der Waals surface area contributed by atoms with Crippen molar-refractivity contribution in [3.63, 3.8) is 0 Å². The van der Waals surface area contributed by atoms with Crippen LogP contribution in [0.25, 0.3) is 10.6 Å². The normalized spacial score (nSPS) is 12.0. The van der Waals surface area contributed by atoms with Gasteiger partial charge in [-0.1, -0.05) is 59.3 Å². The van der Waals surface area contributed by atoms with Crippen molar-refractivity contribution in [3.8, 4) is 16.3 Å². The molecule has 1 unspecified atom stereocenters. The highest BCUT2D eigenvalue weighted by Crippen LogP contribution is 2.32. The minimum absolute atomic E-state index is 0.321. The number of aryl methyl sites for hydroxylation is 2. The molecule has 0 aliphatic rings. The second-order valence-corrected chi connectivity index (χ2v) is 9.94. The van der Waals surface area contributed by atoms with Crippen LogP contribution < -0.4 is 4.74 Å². The Kier molecular flexibility index (Phi) is 7.53. The van der Waals surface area contributed by atoms with E-state index in [4.69, 9.17) is 21.3 Å². The SMILES string of the molecule is C=CCn1c(SCc2csc(-c3cccc(C)c3)n2)nnc1C(C)Oc1cc(C)ccc1Cl. The molecule has 2 aromatic heterocycles. The molecule has 2 heterocycles. The van der Waals surface area contributed by atoms with Crippen LogP contribution in [-0.4, -0.2) is 19.7 Å². The van der Waals surface area contributed by atoms with Crippen molar-refractivity contribution in [1.82, 2.24) is 19.7 Å². The molecule has 2 aromatic carbocycles. The quantitative estimate of drug-likeness (QED) is 0.180. The van der Waals surface area contributed by atoms with Gasteiger partial charge in [0.1, 0.15) is 10.8 Å². The first-order valence-electron chi connectivity index (χ1n) is 10.6. The summed E-state index contributed by atoms with van der Waals surface area (Å²) in [5.41, 5.74) is 4.48. The fraction of sp³-hybridized carbons (Fsp3) is 0.240. The fourth-order valence-electron chi connectivity index (χ4n) is 3.37. The van der Waals surface area contributed by atoms with Crippen LogP contribution >= 0.6 is 34.7 Å². The zero-order valence-electron chi connectivity index (χ0n) is 18.8.